The summed E-state index contributed by atoms with van der Waals surface area (Å²) >= 11 is 4.87. The van der Waals surface area contributed by atoms with Gasteiger partial charge in [-0.05, 0) is 19.1 Å². The minimum Gasteiger partial charge on any atom is -0.389 e. The standard InChI is InChI=1S/C14H18FN3O2S/c1-9(14(19)18-5-7-20-8-6-18)17-11-4-2-3-10(15)12(11)13(16)21/h2-4,9,17H,5-8H2,1H3,(H2,16,21). The van der Waals surface area contributed by atoms with Gasteiger partial charge in [0.2, 0.25) is 5.91 Å². The molecule has 1 atom stereocenters. The molecule has 5 nitrogen and oxygen atoms in total. The van der Waals surface area contributed by atoms with Crippen molar-refractivity contribution in [2.24, 2.45) is 5.73 Å². The molecule has 21 heavy (non-hydrogen) atoms. The number of benzene rings is 1. The van der Waals surface area contributed by atoms with E-state index in [0.717, 1.165) is 0 Å². The third-order valence-electron chi connectivity index (χ3n) is 3.33. The normalized spacial score (nSPS) is 16.4. The van der Waals surface area contributed by atoms with E-state index in [1.807, 2.05) is 0 Å². The minimum atomic E-state index is -0.502. The average Bonchev–Trinajstić information content (AvgIpc) is 2.47. The van der Waals surface area contributed by atoms with Crippen molar-refractivity contribution in [3.05, 3.63) is 29.6 Å². The summed E-state index contributed by atoms with van der Waals surface area (Å²) in [6.45, 7) is 3.94. The number of halogens is 1. The maximum atomic E-state index is 13.8. The van der Waals surface area contributed by atoms with Crippen molar-refractivity contribution in [3.8, 4) is 0 Å². The number of amides is 1. The van der Waals surface area contributed by atoms with Crippen LogP contribution in [0.2, 0.25) is 0 Å². The Morgan fingerprint density at radius 1 is 1.48 bits per heavy atom. The van der Waals surface area contributed by atoms with Gasteiger partial charge in [-0.2, -0.15) is 0 Å². The van der Waals surface area contributed by atoms with Crippen LogP contribution in [0.1, 0.15) is 12.5 Å². The predicted molar refractivity (Wildman–Crippen MR) is 82.8 cm³/mol. The van der Waals surface area contributed by atoms with E-state index in [-0.39, 0.29) is 16.5 Å². The Labute approximate surface area is 128 Å². The van der Waals surface area contributed by atoms with Crippen molar-refractivity contribution < 1.29 is 13.9 Å². The highest BCUT2D eigenvalue weighted by molar-refractivity contribution is 7.80. The van der Waals surface area contributed by atoms with Gasteiger partial charge in [0.25, 0.3) is 0 Å². The SMILES string of the molecule is CC(Nc1cccc(F)c1C(N)=S)C(=O)N1CCOCC1. The number of rotatable bonds is 4. The summed E-state index contributed by atoms with van der Waals surface area (Å²) in [6, 6.07) is 3.98. The summed E-state index contributed by atoms with van der Waals surface area (Å²) in [5.74, 6) is -0.560. The zero-order valence-electron chi connectivity index (χ0n) is 11.8. The Hall–Kier alpha value is -1.73. The summed E-state index contributed by atoms with van der Waals surface area (Å²) in [4.78, 5) is 14.0. The number of thiocarbonyl (C=S) groups is 1. The number of nitrogens with zero attached hydrogens (tertiary/aromatic N) is 1. The van der Waals surface area contributed by atoms with E-state index >= 15 is 0 Å². The predicted octanol–water partition coefficient (Wildman–Crippen LogP) is 1.12. The molecule has 1 fully saturated rings. The van der Waals surface area contributed by atoms with Crippen LogP contribution in [-0.2, 0) is 9.53 Å². The van der Waals surface area contributed by atoms with Crippen LogP contribution in [0.15, 0.2) is 18.2 Å². The first-order chi connectivity index (χ1) is 10.0. The van der Waals surface area contributed by atoms with Crippen LogP contribution in [0, 0.1) is 5.82 Å². The second-order valence-electron chi connectivity index (χ2n) is 4.83. The van der Waals surface area contributed by atoms with Gasteiger partial charge in [-0.3, -0.25) is 4.79 Å². The first kappa shape index (κ1) is 15.7. The molecule has 0 aliphatic carbocycles. The van der Waals surface area contributed by atoms with E-state index in [1.54, 1.807) is 24.0 Å². The summed E-state index contributed by atoms with van der Waals surface area (Å²) in [5.41, 5.74) is 6.11. The second-order valence-corrected chi connectivity index (χ2v) is 5.27. The van der Waals surface area contributed by atoms with E-state index in [4.69, 9.17) is 22.7 Å². The first-order valence-corrected chi connectivity index (χ1v) is 7.13. The quantitative estimate of drug-likeness (QED) is 0.816. The number of ether oxygens (including phenoxy) is 1. The van der Waals surface area contributed by atoms with E-state index in [9.17, 15) is 9.18 Å². The molecule has 1 aliphatic rings. The highest BCUT2D eigenvalue weighted by atomic mass is 32.1. The van der Waals surface area contributed by atoms with Crippen LogP contribution >= 0.6 is 12.2 Å². The number of nitrogens with one attached hydrogen (secondary N) is 1. The maximum Gasteiger partial charge on any atom is 0.244 e. The number of morpholine rings is 1. The Morgan fingerprint density at radius 2 is 2.14 bits per heavy atom. The lowest BCUT2D eigenvalue weighted by Gasteiger charge is -2.30. The Kier molecular flexibility index (Phi) is 5.08. The third-order valence-corrected chi connectivity index (χ3v) is 3.53. The molecule has 0 bridgehead atoms. The van der Waals surface area contributed by atoms with Gasteiger partial charge in [0.05, 0.1) is 18.8 Å². The molecule has 3 N–H and O–H groups in total. The number of hydrogen-bond donors (Lipinski definition) is 2. The van der Waals surface area contributed by atoms with Gasteiger partial charge in [-0.15, -0.1) is 0 Å². The second kappa shape index (κ2) is 6.82. The summed E-state index contributed by atoms with van der Waals surface area (Å²) in [7, 11) is 0. The Morgan fingerprint density at radius 3 is 2.76 bits per heavy atom. The number of carbonyl (C=O) groups excluding carboxylic acids is 1. The summed E-state index contributed by atoms with van der Waals surface area (Å²) < 4.78 is 19.0. The van der Waals surface area contributed by atoms with Gasteiger partial charge < -0.3 is 20.7 Å². The fourth-order valence-electron chi connectivity index (χ4n) is 2.25. The molecule has 0 spiro atoms. The molecule has 0 aromatic heterocycles. The van der Waals surface area contributed by atoms with Crippen LogP contribution in [-0.4, -0.2) is 48.1 Å². The van der Waals surface area contributed by atoms with Crippen molar-refractivity contribution in [2.75, 3.05) is 31.6 Å². The molecule has 1 heterocycles. The van der Waals surface area contributed by atoms with Crippen molar-refractivity contribution in [1.82, 2.24) is 4.90 Å². The van der Waals surface area contributed by atoms with Crippen molar-refractivity contribution in [1.29, 1.82) is 0 Å². The van der Waals surface area contributed by atoms with Gasteiger partial charge in [0, 0.05) is 18.8 Å². The fraction of sp³-hybridized carbons (Fsp3) is 0.429. The highest BCUT2D eigenvalue weighted by Crippen LogP contribution is 2.20. The molecule has 1 unspecified atom stereocenters. The third kappa shape index (κ3) is 3.68. The van der Waals surface area contributed by atoms with Crippen LogP contribution in [0.4, 0.5) is 10.1 Å². The molecule has 7 heteroatoms. The number of anilines is 1. The first-order valence-electron chi connectivity index (χ1n) is 6.72. The molecule has 1 amide bonds. The molecule has 0 radical (unpaired) electrons. The molecule has 1 saturated heterocycles. The molecule has 1 aromatic rings. The number of nitrogens with two attached hydrogens (primary N) is 1. The zero-order valence-corrected chi connectivity index (χ0v) is 12.6. The van der Waals surface area contributed by atoms with Crippen molar-refractivity contribution in [2.45, 2.75) is 13.0 Å². The monoisotopic (exact) mass is 311 g/mol. The van der Waals surface area contributed by atoms with Crippen molar-refractivity contribution in [3.63, 3.8) is 0 Å². The average molecular weight is 311 g/mol. The molecular weight excluding hydrogens is 293 g/mol. The van der Waals surface area contributed by atoms with E-state index < -0.39 is 11.9 Å². The molecular formula is C14H18FN3O2S. The van der Waals surface area contributed by atoms with Crippen LogP contribution in [0.3, 0.4) is 0 Å². The smallest absolute Gasteiger partial charge is 0.244 e. The molecule has 2 rings (SSSR count). The Bertz CT molecular complexity index is 547. The van der Waals surface area contributed by atoms with E-state index in [0.29, 0.717) is 32.0 Å². The summed E-state index contributed by atoms with van der Waals surface area (Å²) in [6.07, 6.45) is 0. The van der Waals surface area contributed by atoms with Gasteiger partial charge in [0.15, 0.2) is 0 Å². The lowest BCUT2D eigenvalue weighted by atomic mass is 10.1. The lowest BCUT2D eigenvalue weighted by Crippen LogP contribution is -2.47. The van der Waals surface area contributed by atoms with Crippen LogP contribution in [0.5, 0.6) is 0 Å². The molecule has 1 aromatic carbocycles. The molecule has 1 aliphatic heterocycles. The number of carbonyl (C=O) groups is 1. The minimum absolute atomic E-state index is 0.0402. The number of hydrogen-bond acceptors (Lipinski definition) is 4. The Balaban J connectivity index is 2.12. The van der Waals surface area contributed by atoms with Gasteiger partial charge in [0.1, 0.15) is 16.8 Å². The highest BCUT2D eigenvalue weighted by Gasteiger charge is 2.23. The lowest BCUT2D eigenvalue weighted by molar-refractivity contribution is -0.135. The largest absolute Gasteiger partial charge is 0.389 e. The zero-order chi connectivity index (χ0) is 15.4. The maximum absolute atomic E-state index is 13.8. The molecule has 0 saturated carbocycles. The topological polar surface area (TPSA) is 67.6 Å². The van der Waals surface area contributed by atoms with E-state index in [1.165, 1.54) is 6.07 Å². The fourth-order valence-corrected chi connectivity index (χ4v) is 2.45. The van der Waals surface area contributed by atoms with Crippen LogP contribution in [0.25, 0.3) is 0 Å². The van der Waals surface area contributed by atoms with Gasteiger partial charge in [-0.1, -0.05) is 18.3 Å². The van der Waals surface area contributed by atoms with Crippen LogP contribution < -0.4 is 11.1 Å². The molecule has 114 valence electrons. The van der Waals surface area contributed by atoms with Gasteiger partial charge in [-0.25, -0.2) is 4.39 Å². The summed E-state index contributed by atoms with van der Waals surface area (Å²) in [5, 5.41) is 2.99. The van der Waals surface area contributed by atoms with Crippen molar-refractivity contribution >= 4 is 28.8 Å². The van der Waals surface area contributed by atoms with Gasteiger partial charge >= 0.3 is 0 Å². The van der Waals surface area contributed by atoms with E-state index in [2.05, 4.69) is 5.32 Å².